The van der Waals surface area contributed by atoms with Crippen LogP contribution in [0.4, 0.5) is 0 Å². The summed E-state index contributed by atoms with van der Waals surface area (Å²) in [6.45, 7) is 2.98. The van der Waals surface area contributed by atoms with Crippen molar-refractivity contribution >= 4 is 17.6 Å². The number of carboxylic acid groups (broad SMARTS) is 1. The van der Waals surface area contributed by atoms with Crippen LogP contribution in [0.1, 0.15) is 24.0 Å². The summed E-state index contributed by atoms with van der Waals surface area (Å²) < 4.78 is 5.87. The van der Waals surface area contributed by atoms with Crippen LogP contribution in [0, 0.1) is 5.92 Å². The standard InChI is InChI=1S/C20H22ClNO3/c21-18-6-4-15(5-7-18)14-25-19-3-1-2-16(12-19)13-22-10-8-17(9-11-22)20(23)24/h1-7,12,17H,8-11,13-14H2,(H,23,24). The summed E-state index contributed by atoms with van der Waals surface area (Å²) in [7, 11) is 0. The van der Waals surface area contributed by atoms with Gasteiger partial charge in [-0.25, -0.2) is 0 Å². The third kappa shape index (κ3) is 5.21. The average Bonchev–Trinajstić information content (AvgIpc) is 2.62. The number of carboxylic acids is 1. The van der Waals surface area contributed by atoms with E-state index in [9.17, 15) is 4.79 Å². The van der Waals surface area contributed by atoms with Gasteiger partial charge in [-0.1, -0.05) is 35.9 Å². The van der Waals surface area contributed by atoms with Crippen molar-refractivity contribution < 1.29 is 14.6 Å². The topological polar surface area (TPSA) is 49.8 Å². The largest absolute Gasteiger partial charge is 0.489 e. The highest BCUT2D eigenvalue weighted by Gasteiger charge is 2.24. The van der Waals surface area contributed by atoms with E-state index in [1.807, 2.05) is 36.4 Å². The van der Waals surface area contributed by atoms with E-state index >= 15 is 0 Å². The van der Waals surface area contributed by atoms with Gasteiger partial charge in [0.05, 0.1) is 5.92 Å². The van der Waals surface area contributed by atoms with Gasteiger partial charge in [0.25, 0.3) is 0 Å². The van der Waals surface area contributed by atoms with Crippen molar-refractivity contribution in [3.8, 4) is 5.75 Å². The first-order valence-electron chi connectivity index (χ1n) is 8.51. The molecule has 2 aromatic carbocycles. The highest BCUT2D eigenvalue weighted by molar-refractivity contribution is 6.30. The molecule has 0 radical (unpaired) electrons. The van der Waals surface area contributed by atoms with Crippen LogP contribution in [0.2, 0.25) is 5.02 Å². The first-order valence-corrected chi connectivity index (χ1v) is 8.89. The lowest BCUT2D eigenvalue weighted by molar-refractivity contribution is -0.143. The Hall–Kier alpha value is -2.04. The van der Waals surface area contributed by atoms with Gasteiger partial charge in [0.1, 0.15) is 12.4 Å². The fraction of sp³-hybridized carbons (Fsp3) is 0.350. The number of hydrogen-bond acceptors (Lipinski definition) is 3. The molecule has 1 saturated heterocycles. The third-order valence-electron chi connectivity index (χ3n) is 4.56. The second-order valence-corrected chi connectivity index (χ2v) is 6.89. The predicted molar refractivity (Wildman–Crippen MR) is 97.9 cm³/mol. The molecule has 0 aliphatic carbocycles. The highest BCUT2D eigenvalue weighted by atomic mass is 35.5. The number of carbonyl (C=O) groups is 1. The number of ether oxygens (including phenoxy) is 1. The van der Waals surface area contributed by atoms with Gasteiger partial charge in [-0.2, -0.15) is 0 Å². The van der Waals surface area contributed by atoms with Gasteiger partial charge in [-0.3, -0.25) is 9.69 Å². The summed E-state index contributed by atoms with van der Waals surface area (Å²) in [5, 5.41) is 9.80. The van der Waals surface area contributed by atoms with Crippen LogP contribution in [-0.2, 0) is 17.9 Å². The van der Waals surface area contributed by atoms with Crippen LogP contribution in [0.3, 0.4) is 0 Å². The third-order valence-corrected chi connectivity index (χ3v) is 4.81. The fourth-order valence-corrected chi connectivity index (χ4v) is 3.20. The van der Waals surface area contributed by atoms with E-state index in [1.165, 1.54) is 5.56 Å². The Kier molecular flexibility index (Phi) is 5.95. The SMILES string of the molecule is O=C(O)C1CCN(Cc2cccc(OCc3ccc(Cl)cc3)c2)CC1. The van der Waals surface area contributed by atoms with Gasteiger partial charge in [0.2, 0.25) is 0 Å². The quantitative estimate of drug-likeness (QED) is 0.839. The number of piperidine rings is 1. The van der Waals surface area contributed by atoms with Crippen LogP contribution >= 0.6 is 11.6 Å². The van der Waals surface area contributed by atoms with Gasteiger partial charge >= 0.3 is 5.97 Å². The Morgan fingerprint density at radius 3 is 2.52 bits per heavy atom. The molecule has 1 aliphatic heterocycles. The molecule has 2 aromatic rings. The Labute approximate surface area is 153 Å². The Morgan fingerprint density at radius 2 is 1.84 bits per heavy atom. The molecule has 0 aromatic heterocycles. The molecular formula is C20H22ClNO3. The van der Waals surface area contributed by atoms with Gasteiger partial charge in [0, 0.05) is 11.6 Å². The van der Waals surface area contributed by atoms with Crippen molar-refractivity contribution in [3.05, 3.63) is 64.7 Å². The van der Waals surface area contributed by atoms with Gasteiger partial charge in [-0.15, -0.1) is 0 Å². The van der Waals surface area contributed by atoms with E-state index in [0.717, 1.165) is 48.8 Å². The van der Waals surface area contributed by atoms with Crippen molar-refractivity contribution in [2.24, 2.45) is 5.92 Å². The maximum Gasteiger partial charge on any atom is 0.306 e. The molecule has 1 heterocycles. The zero-order valence-corrected chi connectivity index (χ0v) is 14.8. The first kappa shape index (κ1) is 17.8. The average molecular weight is 360 g/mol. The number of hydrogen-bond donors (Lipinski definition) is 1. The molecule has 0 bridgehead atoms. The molecule has 132 valence electrons. The molecule has 4 nitrogen and oxygen atoms in total. The smallest absolute Gasteiger partial charge is 0.306 e. The molecule has 25 heavy (non-hydrogen) atoms. The van der Waals surface area contributed by atoms with Crippen molar-refractivity contribution in [2.45, 2.75) is 26.0 Å². The summed E-state index contributed by atoms with van der Waals surface area (Å²) in [6.07, 6.45) is 1.45. The second kappa shape index (κ2) is 8.37. The lowest BCUT2D eigenvalue weighted by atomic mass is 9.97. The normalized spacial score (nSPS) is 15.9. The number of benzene rings is 2. The minimum Gasteiger partial charge on any atom is -0.489 e. The molecule has 1 fully saturated rings. The Morgan fingerprint density at radius 1 is 1.12 bits per heavy atom. The monoisotopic (exact) mass is 359 g/mol. The predicted octanol–water partition coefficient (Wildman–Crippen LogP) is 4.22. The minimum atomic E-state index is -0.669. The molecule has 1 N–H and O–H groups in total. The minimum absolute atomic E-state index is 0.190. The number of nitrogens with zero attached hydrogens (tertiary/aromatic N) is 1. The number of likely N-dealkylation sites (tertiary alicyclic amines) is 1. The van der Waals surface area contributed by atoms with Crippen molar-refractivity contribution in [1.82, 2.24) is 4.90 Å². The van der Waals surface area contributed by atoms with Gasteiger partial charge < -0.3 is 9.84 Å². The zero-order chi connectivity index (χ0) is 17.6. The molecule has 0 saturated carbocycles. The number of rotatable bonds is 6. The maximum absolute atomic E-state index is 11.0. The van der Waals surface area contributed by atoms with Gasteiger partial charge in [-0.05, 0) is 61.3 Å². The number of aliphatic carboxylic acids is 1. The van der Waals surface area contributed by atoms with E-state index in [1.54, 1.807) is 0 Å². The van der Waals surface area contributed by atoms with Crippen LogP contribution < -0.4 is 4.74 Å². The summed E-state index contributed by atoms with van der Waals surface area (Å²) in [5.74, 6) is -0.0181. The number of halogens is 1. The molecule has 0 amide bonds. The van der Waals surface area contributed by atoms with Crippen molar-refractivity contribution in [2.75, 3.05) is 13.1 Å². The van der Waals surface area contributed by atoms with E-state index in [4.69, 9.17) is 21.4 Å². The molecule has 1 aliphatic rings. The Bertz CT molecular complexity index is 709. The summed E-state index contributed by atoms with van der Waals surface area (Å²) >= 11 is 5.89. The van der Waals surface area contributed by atoms with Gasteiger partial charge in [0.15, 0.2) is 0 Å². The Balaban J connectivity index is 1.53. The van der Waals surface area contributed by atoms with Crippen LogP contribution in [0.25, 0.3) is 0 Å². The lowest BCUT2D eigenvalue weighted by Gasteiger charge is -2.30. The van der Waals surface area contributed by atoms with E-state index in [0.29, 0.717) is 6.61 Å². The van der Waals surface area contributed by atoms with Crippen LogP contribution in [0.15, 0.2) is 48.5 Å². The summed E-state index contributed by atoms with van der Waals surface area (Å²) in [5.41, 5.74) is 2.26. The van der Waals surface area contributed by atoms with Crippen LogP contribution in [-0.4, -0.2) is 29.1 Å². The molecule has 5 heteroatoms. The van der Waals surface area contributed by atoms with Crippen molar-refractivity contribution in [1.29, 1.82) is 0 Å². The van der Waals surface area contributed by atoms with E-state index in [2.05, 4.69) is 17.0 Å². The maximum atomic E-state index is 11.0. The first-order chi connectivity index (χ1) is 12.1. The lowest BCUT2D eigenvalue weighted by Crippen LogP contribution is -2.35. The van der Waals surface area contributed by atoms with E-state index in [-0.39, 0.29) is 5.92 Å². The summed E-state index contributed by atoms with van der Waals surface area (Å²) in [4.78, 5) is 13.3. The zero-order valence-electron chi connectivity index (χ0n) is 14.0. The second-order valence-electron chi connectivity index (χ2n) is 6.45. The summed E-state index contributed by atoms with van der Waals surface area (Å²) in [6, 6.07) is 15.7. The molecule has 0 spiro atoms. The van der Waals surface area contributed by atoms with Crippen molar-refractivity contribution in [3.63, 3.8) is 0 Å². The van der Waals surface area contributed by atoms with E-state index < -0.39 is 5.97 Å². The molecule has 0 atom stereocenters. The fourth-order valence-electron chi connectivity index (χ4n) is 3.08. The molecular weight excluding hydrogens is 338 g/mol. The van der Waals surface area contributed by atoms with Crippen LogP contribution in [0.5, 0.6) is 5.75 Å². The highest BCUT2D eigenvalue weighted by Crippen LogP contribution is 2.21. The molecule has 3 rings (SSSR count). The molecule has 0 unspecified atom stereocenters.